The first-order valence-electron chi connectivity index (χ1n) is 6.19. The highest BCUT2D eigenvalue weighted by Gasteiger charge is 2.08. The van der Waals surface area contributed by atoms with Crippen LogP contribution < -0.4 is 5.32 Å². The van der Waals surface area contributed by atoms with Crippen LogP contribution in [0.3, 0.4) is 0 Å². The Morgan fingerprint density at radius 1 is 1.29 bits per heavy atom. The summed E-state index contributed by atoms with van der Waals surface area (Å²) in [7, 11) is 0. The number of hydrogen-bond donors (Lipinski definition) is 2. The molecule has 0 fully saturated rings. The molecule has 110 valence electrons. The zero-order chi connectivity index (χ0) is 15.2. The summed E-state index contributed by atoms with van der Waals surface area (Å²) >= 11 is 5.77. The van der Waals surface area contributed by atoms with Crippen LogP contribution >= 0.6 is 11.6 Å². The van der Waals surface area contributed by atoms with Gasteiger partial charge in [-0.3, -0.25) is 4.79 Å². The van der Waals surface area contributed by atoms with E-state index >= 15 is 0 Å². The second-order valence-corrected chi connectivity index (χ2v) is 4.76. The molecule has 0 bridgehead atoms. The van der Waals surface area contributed by atoms with Crippen molar-refractivity contribution in [1.29, 1.82) is 0 Å². The molecule has 21 heavy (non-hydrogen) atoms. The Balaban J connectivity index is 1.76. The number of carbonyl (C=O) groups is 2. The zero-order valence-corrected chi connectivity index (χ0v) is 11.7. The standard InChI is InChI=1S/C13H13ClN4O3/c14-10-3-1-9(2-4-10)7-12(19)15-5-6-18-8-11(13(20)21)16-17-18/h1-4,8H,5-7H2,(H,15,19)(H,20,21). The van der Waals surface area contributed by atoms with E-state index < -0.39 is 5.97 Å². The average molecular weight is 309 g/mol. The Morgan fingerprint density at radius 2 is 2.00 bits per heavy atom. The maximum Gasteiger partial charge on any atom is 0.358 e. The molecule has 0 aliphatic heterocycles. The molecule has 1 aromatic heterocycles. The SMILES string of the molecule is O=C(Cc1ccc(Cl)cc1)NCCn1cc(C(=O)O)nn1. The first-order chi connectivity index (χ1) is 10.0. The van der Waals surface area contributed by atoms with Gasteiger partial charge in [0.25, 0.3) is 0 Å². The fourth-order valence-corrected chi connectivity index (χ4v) is 1.79. The van der Waals surface area contributed by atoms with E-state index in [1.165, 1.54) is 10.9 Å². The van der Waals surface area contributed by atoms with Crippen LogP contribution in [0.4, 0.5) is 0 Å². The molecule has 0 aliphatic rings. The predicted octanol–water partition coefficient (Wildman–Crippen LogP) is 0.989. The van der Waals surface area contributed by atoms with E-state index in [9.17, 15) is 9.59 Å². The number of benzene rings is 1. The number of nitrogens with one attached hydrogen (secondary N) is 1. The van der Waals surface area contributed by atoms with Crippen molar-refractivity contribution in [2.24, 2.45) is 0 Å². The lowest BCUT2D eigenvalue weighted by Crippen LogP contribution is -2.28. The minimum absolute atomic E-state index is 0.123. The monoisotopic (exact) mass is 308 g/mol. The van der Waals surface area contributed by atoms with Crippen molar-refractivity contribution in [2.75, 3.05) is 6.54 Å². The number of hydrogen-bond acceptors (Lipinski definition) is 4. The molecule has 2 rings (SSSR count). The topological polar surface area (TPSA) is 97.1 Å². The van der Waals surface area contributed by atoms with Crippen molar-refractivity contribution in [3.63, 3.8) is 0 Å². The van der Waals surface area contributed by atoms with Gasteiger partial charge in [-0.25, -0.2) is 9.48 Å². The number of aromatic nitrogens is 3. The van der Waals surface area contributed by atoms with Crippen LogP contribution in [-0.2, 0) is 17.8 Å². The molecule has 0 aliphatic carbocycles. The van der Waals surface area contributed by atoms with Gasteiger partial charge in [0.2, 0.25) is 5.91 Å². The number of carbonyl (C=O) groups excluding carboxylic acids is 1. The lowest BCUT2D eigenvalue weighted by molar-refractivity contribution is -0.120. The van der Waals surface area contributed by atoms with Crippen LogP contribution in [0.2, 0.25) is 5.02 Å². The van der Waals surface area contributed by atoms with Crippen LogP contribution in [0, 0.1) is 0 Å². The van der Waals surface area contributed by atoms with Crippen molar-refractivity contribution < 1.29 is 14.7 Å². The van der Waals surface area contributed by atoms with Gasteiger partial charge in [-0.15, -0.1) is 5.10 Å². The fourth-order valence-electron chi connectivity index (χ4n) is 1.67. The second-order valence-electron chi connectivity index (χ2n) is 4.33. The van der Waals surface area contributed by atoms with Gasteiger partial charge in [0.1, 0.15) is 0 Å². The summed E-state index contributed by atoms with van der Waals surface area (Å²) in [4.78, 5) is 22.3. The molecular formula is C13H13ClN4O3. The molecule has 7 nitrogen and oxygen atoms in total. The third kappa shape index (κ3) is 4.57. The summed E-state index contributed by atoms with van der Waals surface area (Å²) < 4.78 is 1.37. The van der Waals surface area contributed by atoms with Crippen molar-refractivity contribution in [1.82, 2.24) is 20.3 Å². The van der Waals surface area contributed by atoms with Crippen molar-refractivity contribution >= 4 is 23.5 Å². The zero-order valence-electron chi connectivity index (χ0n) is 11.0. The third-order valence-electron chi connectivity index (χ3n) is 2.70. The molecule has 0 spiro atoms. The van der Waals surface area contributed by atoms with Gasteiger partial charge >= 0.3 is 5.97 Å². The lowest BCUT2D eigenvalue weighted by atomic mass is 10.1. The number of aromatic carboxylic acids is 1. The minimum atomic E-state index is -1.13. The number of nitrogens with zero attached hydrogens (tertiary/aromatic N) is 3. The maximum absolute atomic E-state index is 11.7. The average Bonchev–Trinajstić information content (AvgIpc) is 2.90. The Hall–Kier alpha value is -2.41. The van der Waals surface area contributed by atoms with Crippen molar-refractivity contribution in [2.45, 2.75) is 13.0 Å². The third-order valence-corrected chi connectivity index (χ3v) is 2.95. The van der Waals surface area contributed by atoms with Crippen LogP contribution in [0.25, 0.3) is 0 Å². The largest absolute Gasteiger partial charge is 0.476 e. The highest BCUT2D eigenvalue weighted by Crippen LogP contribution is 2.09. The Morgan fingerprint density at radius 3 is 2.62 bits per heavy atom. The molecule has 2 aromatic rings. The maximum atomic E-state index is 11.7. The van der Waals surface area contributed by atoms with Gasteiger partial charge in [-0.1, -0.05) is 28.9 Å². The second kappa shape index (κ2) is 6.85. The summed E-state index contributed by atoms with van der Waals surface area (Å²) in [5, 5.41) is 19.2. The van der Waals surface area contributed by atoms with Crippen LogP contribution in [0.1, 0.15) is 16.1 Å². The summed E-state index contributed by atoms with van der Waals surface area (Å²) in [6.07, 6.45) is 1.57. The number of amides is 1. The van der Waals surface area contributed by atoms with Gasteiger partial charge < -0.3 is 10.4 Å². The molecule has 0 radical (unpaired) electrons. The smallest absolute Gasteiger partial charge is 0.358 e. The first-order valence-corrected chi connectivity index (χ1v) is 6.57. The Labute approximate surface area is 125 Å². The fraction of sp³-hybridized carbons (Fsp3) is 0.231. The van der Waals surface area contributed by atoms with Crippen molar-refractivity contribution in [3.05, 3.63) is 46.7 Å². The normalized spacial score (nSPS) is 10.3. The van der Waals surface area contributed by atoms with E-state index in [1.54, 1.807) is 24.3 Å². The molecule has 1 amide bonds. The summed E-state index contributed by atoms with van der Waals surface area (Å²) in [6, 6.07) is 7.04. The van der Waals surface area contributed by atoms with E-state index in [0.29, 0.717) is 18.1 Å². The number of rotatable bonds is 6. The molecule has 0 saturated heterocycles. The van der Waals surface area contributed by atoms with Crippen LogP contribution in [0.15, 0.2) is 30.5 Å². The molecule has 0 saturated carbocycles. The van der Waals surface area contributed by atoms with Gasteiger partial charge in [-0.2, -0.15) is 0 Å². The van der Waals surface area contributed by atoms with E-state index in [0.717, 1.165) is 5.56 Å². The van der Waals surface area contributed by atoms with Crippen LogP contribution in [0.5, 0.6) is 0 Å². The molecule has 2 N–H and O–H groups in total. The molecule has 0 unspecified atom stereocenters. The number of halogens is 1. The van der Waals surface area contributed by atoms with Crippen LogP contribution in [-0.4, -0.2) is 38.5 Å². The van der Waals surface area contributed by atoms with E-state index in [2.05, 4.69) is 15.6 Å². The quantitative estimate of drug-likeness (QED) is 0.829. The van der Waals surface area contributed by atoms with Crippen molar-refractivity contribution in [3.8, 4) is 0 Å². The van der Waals surface area contributed by atoms with E-state index in [1.807, 2.05) is 0 Å². The summed E-state index contributed by atoms with van der Waals surface area (Å²) in [5.41, 5.74) is 0.744. The molecular weight excluding hydrogens is 296 g/mol. The summed E-state index contributed by atoms with van der Waals surface area (Å²) in [5.74, 6) is -1.26. The van der Waals surface area contributed by atoms with Gasteiger partial charge in [0.15, 0.2) is 5.69 Å². The first kappa shape index (κ1) is 15.0. The summed E-state index contributed by atoms with van der Waals surface area (Å²) in [6.45, 7) is 0.696. The Bertz CT molecular complexity index is 639. The molecule has 1 aromatic carbocycles. The van der Waals surface area contributed by atoms with E-state index in [-0.39, 0.29) is 18.0 Å². The predicted molar refractivity (Wildman–Crippen MR) is 75.1 cm³/mol. The van der Waals surface area contributed by atoms with Gasteiger partial charge in [0.05, 0.1) is 19.2 Å². The van der Waals surface area contributed by atoms with Gasteiger partial charge in [-0.05, 0) is 17.7 Å². The lowest BCUT2D eigenvalue weighted by Gasteiger charge is -2.05. The highest BCUT2D eigenvalue weighted by molar-refractivity contribution is 6.30. The van der Waals surface area contributed by atoms with Gasteiger partial charge in [0, 0.05) is 11.6 Å². The molecule has 1 heterocycles. The highest BCUT2D eigenvalue weighted by atomic mass is 35.5. The van der Waals surface area contributed by atoms with E-state index in [4.69, 9.17) is 16.7 Å². The molecule has 0 atom stereocenters. The molecule has 8 heteroatoms. The number of carboxylic acids is 1. The minimum Gasteiger partial charge on any atom is -0.476 e. The Kier molecular flexibility index (Phi) is 4.89. The number of carboxylic acid groups (broad SMARTS) is 1.